The van der Waals surface area contributed by atoms with E-state index >= 15 is 0 Å². The van der Waals surface area contributed by atoms with Gasteiger partial charge in [0, 0.05) is 17.9 Å². The lowest BCUT2D eigenvalue weighted by atomic mass is 10.3. The summed E-state index contributed by atoms with van der Waals surface area (Å²) in [5.74, 6) is 0. The molecular weight excluding hydrogens is 158 g/mol. The number of nitrogens with zero attached hydrogens (tertiary/aromatic N) is 1. The normalized spacial score (nSPS) is 23.1. The third-order valence-corrected chi connectivity index (χ3v) is 1.70. The molecule has 0 spiro atoms. The standard InChI is InChI=1S/C8H15NO3/c1-2-3-7-11-8-5-4-6-9(10)12-8/h6,8H,2-5,7H2,1H3/t8-/m1/s1. The molecule has 0 aromatic heterocycles. The van der Waals surface area contributed by atoms with Crippen LogP contribution in [0.15, 0.2) is 0 Å². The summed E-state index contributed by atoms with van der Waals surface area (Å²) in [5, 5.41) is 10.7. The molecule has 0 amide bonds. The van der Waals surface area contributed by atoms with Gasteiger partial charge in [0.1, 0.15) is 0 Å². The number of hydrogen-bond acceptors (Lipinski definition) is 3. The molecule has 4 heteroatoms. The van der Waals surface area contributed by atoms with Gasteiger partial charge in [0.25, 0.3) is 0 Å². The summed E-state index contributed by atoms with van der Waals surface area (Å²) in [4.78, 5) is 5.32. The molecule has 0 unspecified atom stereocenters. The minimum atomic E-state index is -0.334. The maximum Gasteiger partial charge on any atom is 0.210 e. The Morgan fingerprint density at radius 1 is 1.75 bits per heavy atom. The summed E-state index contributed by atoms with van der Waals surface area (Å²) in [7, 11) is 0. The summed E-state index contributed by atoms with van der Waals surface area (Å²) in [6.07, 6.45) is 4.77. The van der Waals surface area contributed by atoms with E-state index in [0.29, 0.717) is 11.5 Å². The summed E-state index contributed by atoms with van der Waals surface area (Å²) in [6, 6.07) is 0. The second-order valence-corrected chi connectivity index (χ2v) is 2.80. The third kappa shape index (κ3) is 3.09. The predicted octanol–water partition coefficient (Wildman–Crippen LogP) is 1.44. The van der Waals surface area contributed by atoms with Crippen LogP contribution in [-0.4, -0.2) is 24.0 Å². The summed E-state index contributed by atoms with van der Waals surface area (Å²) >= 11 is 0. The number of ether oxygens (including phenoxy) is 1. The maximum absolute atomic E-state index is 10.7. The van der Waals surface area contributed by atoms with Gasteiger partial charge in [-0.25, -0.2) is 0 Å². The van der Waals surface area contributed by atoms with E-state index in [1.165, 1.54) is 6.21 Å². The first-order valence-corrected chi connectivity index (χ1v) is 4.41. The Bertz CT molecular complexity index is 158. The van der Waals surface area contributed by atoms with E-state index < -0.39 is 0 Å². The molecule has 0 saturated carbocycles. The lowest BCUT2D eigenvalue weighted by Crippen LogP contribution is -2.27. The maximum atomic E-state index is 10.7. The van der Waals surface area contributed by atoms with E-state index in [4.69, 9.17) is 9.57 Å². The molecule has 0 fully saturated rings. The van der Waals surface area contributed by atoms with Crippen LogP contribution in [0, 0.1) is 5.21 Å². The molecule has 1 aliphatic rings. The highest BCUT2D eigenvalue weighted by Crippen LogP contribution is 2.08. The average molecular weight is 173 g/mol. The highest BCUT2D eigenvalue weighted by atomic mass is 16.9. The van der Waals surface area contributed by atoms with Crippen molar-refractivity contribution in [3.63, 3.8) is 0 Å². The quantitative estimate of drug-likeness (QED) is 0.477. The second kappa shape index (κ2) is 4.98. The monoisotopic (exact) mass is 173 g/mol. The lowest BCUT2D eigenvalue weighted by molar-refractivity contribution is -0.768. The molecule has 0 aromatic rings. The molecule has 0 radical (unpaired) electrons. The van der Waals surface area contributed by atoms with Gasteiger partial charge in [-0.3, -0.25) is 5.21 Å². The van der Waals surface area contributed by atoms with Gasteiger partial charge in [-0.15, -0.1) is 0 Å². The zero-order valence-corrected chi connectivity index (χ0v) is 7.36. The van der Waals surface area contributed by atoms with E-state index in [2.05, 4.69) is 6.92 Å². The fourth-order valence-corrected chi connectivity index (χ4v) is 1.00. The van der Waals surface area contributed by atoms with Gasteiger partial charge in [-0.1, -0.05) is 13.3 Å². The van der Waals surface area contributed by atoms with Crippen LogP contribution in [0.3, 0.4) is 0 Å². The van der Waals surface area contributed by atoms with Crippen LogP contribution in [-0.2, 0) is 9.57 Å². The van der Waals surface area contributed by atoms with Crippen LogP contribution < -0.4 is 0 Å². The fraction of sp³-hybridized carbons (Fsp3) is 0.875. The molecule has 1 aliphatic heterocycles. The van der Waals surface area contributed by atoms with Crippen LogP contribution in [0.1, 0.15) is 32.6 Å². The first-order chi connectivity index (χ1) is 5.83. The van der Waals surface area contributed by atoms with Crippen molar-refractivity contribution < 1.29 is 14.5 Å². The van der Waals surface area contributed by atoms with Crippen molar-refractivity contribution in [2.45, 2.75) is 38.9 Å². The van der Waals surface area contributed by atoms with E-state index in [0.717, 1.165) is 25.7 Å². The van der Waals surface area contributed by atoms with Gasteiger partial charge < -0.3 is 9.57 Å². The predicted molar refractivity (Wildman–Crippen MR) is 44.7 cm³/mol. The minimum absolute atomic E-state index is 0.334. The van der Waals surface area contributed by atoms with Crippen molar-refractivity contribution in [2.24, 2.45) is 0 Å². The lowest BCUT2D eigenvalue weighted by Gasteiger charge is -2.21. The molecule has 1 rings (SSSR count). The molecule has 4 nitrogen and oxygen atoms in total. The molecule has 0 aromatic carbocycles. The Kier molecular flexibility index (Phi) is 3.87. The number of rotatable bonds is 4. The van der Waals surface area contributed by atoms with Gasteiger partial charge >= 0.3 is 0 Å². The van der Waals surface area contributed by atoms with Crippen LogP contribution in [0.25, 0.3) is 0 Å². The Hall–Kier alpha value is -0.770. The highest BCUT2D eigenvalue weighted by Gasteiger charge is 2.14. The molecule has 0 bridgehead atoms. The van der Waals surface area contributed by atoms with Crippen LogP contribution in [0.5, 0.6) is 0 Å². The third-order valence-electron chi connectivity index (χ3n) is 1.70. The van der Waals surface area contributed by atoms with E-state index in [1.807, 2.05) is 0 Å². The van der Waals surface area contributed by atoms with Crippen molar-refractivity contribution in [3.8, 4) is 0 Å². The first kappa shape index (κ1) is 9.32. The topological polar surface area (TPSA) is 44.5 Å². The van der Waals surface area contributed by atoms with Crippen LogP contribution in [0.2, 0.25) is 0 Å². The van der Waals surface area contributed by atoms with Crippen molar-refractivity contribution in [1.29, 1.82) is 0 Å². The van der Waals surface area contributed by atoms with Crippen LogP contribution in [0.4, 0.5) is 0 Å². The van der Waals surface area contributed by atoms with Gasteiger partial charge in [0.15, 0.2) is 6.29 Å². The molecule has 12 heavy (non-hydrogen) atoms. The summed E-state index contributed by atoms with van der Waals surface area (Å²) in [5.41, 5.74) is 0. The second-order valence-electron chi connectivity index (χ2n) is 2.80. The molecular formula is C8H15NO3. The van der Waals surface area contributed by atoms with Crippen LogP contribution >= 0.6 is 0 Å². The largest absolute Gasteiger partial charge is 0.372 e. The number of hydrogen-bond donors (Lipinski definition) is 0. The molecule has 0 saturated heterocycles. The molecule has 70 valence electrons. The smallest absolute Gasteiger partial charge is 0.210 e. The summed E-state index contributed by atoms with van der Waals surface area (Å²) < 4.78 is 5.31. The van der Waals surface area contributed by atoms with Gasteiger partial charge in [0.05, 0.1) is 0 Å². The Morgan fingerprint density at radius 2 is 2.58 bits per heavy atom. The van der Waals surface area contributed by atoms with Gasteiger partial charge in [-0.2, -0.15) is 0 Å². The molecule has 1 atom stereocenters. The summed E-state index contributed by atoms with van der Waals surface area (Å²) in [6.45, 7) is 2.77. The Labute approximate surface area is 72.3 Å². The van der Waals surface area contributed by atoms with Crippen molar-refractivity contribution in [3.05, 3.63) is 5.21 Å². The van der Waals surface area contributed by atoms with E-state index in [-0.39, 0.29) is 6.29 Å². The van der Waals surface area contributed by atoms with Crippen molar-refractivity contribution >= 4 is 6.21 Å². The highest BCUT2D eigenvalue weighted by molar-refractivity contribution is 5.51. The number of unbranched alkanes of at least 4 members (excludes halogenated alkanes) is 1. The zero-order chi connectivity index (χ0) is 8.81. The Morgan fingerprint density at radius 3 is 3.25 bits per heavy atom. The SMILES string of the molecule is CCCCO[C@H]1CCC=[N+]([O-])O1. The minimum Gasteiger partial charge on any atom is -0.372 e. The fourth-order valence-electron chi connectivity index (χ4n) is 1.00. The van der Waals surface area contributed by atoms with Gasteiger partial charge in [-0.05, 0) is 12.8 Å². The Balaban J connectivity index is 2.13. The average Bonchev–Trinajstić information content (AvgIpc) is 2.05. The van der Waals surface area contributed by atoms with Gasteiger partial charge in [0.2, 0.25) is 6.21 Å². The van der Waals surface area contributed by atoms with Crippen molar-refractivity contribution in [1.82, 2.24) is 0 Å². The van der Waals surface area contributed by atoms with E-state index in [9.17, 15) is 5.21 Å². The van der Waals surface area contributed by atoms with Crippen molar-refractivity contribution in [2.75, 3.05) is 6.61 Å². The zero-order valence-electron chi connectivity index (χ0n) is 7.36. The molecule has 1 heterocycles. The van der Waals surface area contributed by atoms with E-state index in [1.54, 1.807) is 0 Å². The first-order valence-electron chi connectivity index (χ1n) is 4.41. The molecule has 0 aliphatic carbocycles. The molecule has 0 N–H and O–H groups in total.